The summed E-state index contributed by atoms with van der Waals surface area (Å²) in [6.07, 6.45) is 2.36. The summed E-state index contributed by atoms with van der Waals surface area (Å²) in [6.45, 7) is 2.20. The van der Waals surface area contributed by atoms with E-state index in [4.69, 9.17) is 25.8 Å². The van der Waals surface area contributed by atoms with Crippen LogP contribution in [0.3, 0.4) is 0 Å². The van der Waals surface area contributed by atoms with Gasteiger partial charge in [0.05, 0.1) is 26.0 Å². The molecule has 0 bridgehead atoms. The van der Waals surface area contributed by atoms with Crippen molar-refractivity contribution in [2.24, 2.45) is 5.10 Å². The average molecular weight is 428 g/mol. The molecule has 0 saturated carbocycles. The zero-order chi connectivity index (χ0) is 21.5. The number of amides is 1. The summed E-state index contributed by atoms with van der Waals surface area (Å²) >= 11 is 6.17. The van der Waals surface area contributed by atoms with Crippen LogP contribution in [-0.4, -0.2) is 37.9 Å². The first-order valence-electron chi connectivity index (χ1n) is 9.28. The number of benzene rings is 2. The van der Waals surface area contributed by atoms with Gasteiger partial charge >= 0.3 is 0 Å². The summed E-state index contributed by atoms with van der Waals surface area (Å²) in [6, 6.07) is 12.7. The Hall–Kier alpha value is -3.16. The van der Waals surface area contributed by atoms with Crippen molar-refractivity contribution in [2.75, 3.05) is 20.8 Å². The summed E-state index contributed by atoms with van der Waals surface area (Å²) in [5.41, 5.74) is 4.70. The van der Waals surface area contributed by atoms with Gasteiger partial charge in [0.1, 0.15) is 16.5 Å². The Morgan fingerprint density at radius 1 is 1.20 bits per heavy atom. The fraction of sp³-hybridized carbons (Fsp3) is 0.227. The molecule has 0 aliphatic rings. The number of carbonyl (C=O) groups excluding carboxylic acids is 1. The van der Waals surface area contributed by atoms with E-state index in [9.17, 15) is 4.79 Å². The predicted octanol–water partition coefficient (Wildman–Crippen LogP) is 4.13. The minimum absolute atomic E-state index is 0.363. The first-order valence-corrected chi connectivity index (χ1v) is 9.66. The number of halogens is 1. The summed E-state index contributed by atoms with van der Waals surface area (Å²) in [4.78, 5) is 17.2. The van der Waals surface area contributed by atoms with E-state index in [1.54, 1.807) is 18.3 Å². The predicted molar refractivity (Wildman–Crippen MR) is 116 cm³/mol. The number of nitrogens with zero attached hydrogens (tertiary/aromatic N) is 2. The Labute approximate surface area is 179 Å². The van der Waals surface area contributed by atoms with Crippen molar-refractivity contribution < 1.29 is 19.0 Å². The summed E-state index contributed by atoms with van der Waals surface area (Å²) in [5, 5.41) is 5.27. The lowest BCUT2D eigenvalue weighted by molar-refractivity contribution is -0.132. The molecule has 1 aromatic heterocycles. The molecule has 2 aromatic carbocycles. The Balaban J connectivity index is 1.82. The number of aromatic nitrogens is 1. The van der Waals surface area contributed by atoms with Crippen LogP contribution in [0.2, 0.25) is 5.02 Å². The van der Waals surface area contributed by atoms with Gasteiger partial charge in [-0.1, -0.05) is 29.8 Å². The Morgan fingerprint density at radius 3 is 2.60 bits per heavy atom. The molecule has 1 amide bonds. The van der Waals surface area contributed by atoms with Crippen molar-refractivity contribution in [2.45, 2.75) is 13.0 Å². The highest BCUT2D eigenvalue weighted by molar-refractivity contribution is 6.33. The molecule has 1 atom stereocenters. The number of hydrogen-bond donors (Lipinski definition) is 1. The van der Waals surface area contributed by atoms with E-state index in [1.807, 2.05) is 37.3 Å². The average Bonchev–Trinajstić information content (AvgIpc) is 2.78. The third-order valence-corrected chi connectivity index (χ3v) is 4.76. The number of nitrogens with one attached hydrogen (secondary N) is 1. The minimum atomic E-state index is -0.825. The van der Waals surface area contributed by atoms with Crippen LogP contribution in [0.1, 0.15) is 24.2 Å². The van der Waals surface area contributed by atoms with Gasteiger partial charge in [0.15, 0.2) is 6.10 Å². The lowest BCUT2D eigenvalue weighted by Crippen LogP contribution is -2.27. The van der Waals surface area contributed by atoms with Crippen LogP contribution in [-0.2, 0) is 9.53 Å². The standard InChI is InChI=1S/C22H22ClN3O4/c1-4-30-21(16-7-5-9-17-15(16)8-6-10-24-17)22(27)26-25-13-14-11-18(28-2)20(23)19(12-14)29-3/h5-13,21H,4H2,1-3H3,(H,26,27). The molecule has 8 heteroatoms. The van der Waals surface area contributed by atoms with Gasteiger partial charge in [0, 0.05) is 23.8 Å². The van der Waals surface area contributed by atoms with E-state index in [2.05, 4.69) is 15.5 Å². The van der Waals surface area contributed by atoms with E-state index in [1.165, 1.54) is 20.4 Å². The number of hydrogen-bond acceptors (Lipinski definition) is 6. The van der Waals surface area contributed by atoms with Crippen LogP contribution in [0, 0.1) is 0 Å². The number of pyridine rings is 1. The molecule has 0 aliphatic heterocycles. The largest absolute Gasteiger partial charge is 0.495 e. The maximum atomic E-state index is 12.8. The van der Waals surface area contributed by atoms with Crippen molar-refractivity contribution in [3.63, 3.8) is 0 Å². The number of hydrazone groups is 1. The van der Waals surface area contributed by atoms with E-state index < -0.39 is 12.0 Å². The SMILES string of the molecule is CCOC(C(=O)NN=Cc1cc(OC)c(Cl)c(OC)c1)c1cccc2ncccc12. The highest BCUT2D eigenvalue weighted by Gasteiger charge is 2.23. The van der Waals surface area contributed by atoms with E-state index in [0.29, 0.717) is 28.7 Å². The Bertz CT molecular complexity index is 1040. The maximum Gasteiger partial charge on any atom is 0.273 e. The summed E-state index contributed by atoms with van der Waals surface area (Å²) in [7, 11) is 3.02. The Morgan fingerprint density at radius 2 is 1.93 bits per heavy atom. The van der Waals surface area contributed by atoms with E-state index in [-0.39, 0.29) is 0 Å². The topological polar surface area (TPSA) is 82.0 Å². The molecule has 1 heterocycles. The first kappa shape index (κ1) is 21.5. The number of rotatable bonds is 8. The molecular weight excluding hydrogens is 406 g/mol. The fourth-order valence-corrected chi connectivity index (χ4v) is 3.29. The van der Waals surface area contributed by atoms with Crippen LogP contribution in [0.15, 0.2) is 53.8 Å². The second kappa shape index (κ2) is 10.0. The molecule has 0 saturated heterocycles. The molecule has 1 unspecified atom stereocenters. The van der Waals surface area contributed by atoms with Crippen LogP contribution in [0.25, 0.3) is 10.9 Å². The van der Waals surface area contributed by atoms with Crippen molar-refractivity contribution in [3.8, 4) is 11.5 Å². The van der Waals surface area contributed by atoms with Crippen molar-refractivity contribution >= 4 is 34.6 Å². The quantitative estimate of drug-likeness (QED) is 0.431. The maximum absolute atomic E-state index is 12.8. The second-order valence-electron chi connectivity index (χ2n) is 6.23. The monoisotopic (exact) mass is 427 g/mol. The zero-order valence-corrected chi connectivity index (χ0v) is 17.6. The highest BCUT2D eigenvalue weighted by Crippen LogP contribution is 2.34. The first-order chi connectivity index (χ1) is 14.6. The minimum Gasteiger partial charge on any atom is -0.495 e. The smallest absolute Gasteiger partial charge is 0.273 e. The van der Waals surface area contributed by atoms with E-state index in [0.717, 1.165) is 16.5 Å². The second-order valence-corrected chi connectivity index (χ2v) is 6.60. The van der Waals surface area contributed by atoms with Gasteiger partial charge in [-0.2, -0.15) is 5.10 Å². The molecule has 0 fully saturated rings. The number of methoxy groups -OCH3 is 2. The summed E-state index contributed by atoms with van der Waals surface area (Å²) in [5.74, 6) is 0.496. The van der Waals surface area contributed by atoms with E-state index >= 15 is 0 Å². The van der Waals surface area contributed by atoms with Gasteiger partial charge in [0.2, 0.25) is 0 Å². The third kappa shape index (κ3) is 4.69. The van der Waals surface area contributed by atoms with Crippen LogP contribution >= 0.6 is 11.6 Å². The van der Waals surface area contributed by atoms with Crippen molar-refractivity contribution in [1.29, 1.82) is 0 Å². The lowest BCUT2D eigenvalue weighted by Gasteiger charge is -2.17. The fourth-order valence-electron chi connectivity index (χ4n) is 3.02. The molecule has 7 nitrogen and oxygen atoms in total. The Kier molecular flexibility index (Phi) is 7.21. The summed E-state index contributed by atoms with van der Waals surface area (Å²) < 4.78 is 16.2. The molecule has 0 aliphatic carbocycles. The molecule has 3 aromatic rings. The number of carbonyl (C=O) groups is 1. The van der Waals surface area contributed by atoms with Crippen LogP contribution < -0.4 is 14.9 Å². The molecule has 3 rings (SSSR count). The van der Waals surface area contributed by atoms with Gasteiger partial charge < -0.3 is 14.2 Å². The third-order valence-electron chi connectivity index (χ3n) is 4.39. The molecule has 0 spiro atoms. The van der Waals surface area contributed by atoms with Gasteiger partial charge in [-0.3, -0.25) is 9.78 Å². The highest BCUT2D eigenvalue weighted by atomic mass is 35.5. The molecular formula is C22H22ClN3O4. The van der Waals surface area contributed by atoms with Gasteiger partial charge in [-0.25, -0.2) is 5.43 Å². The lowest BCUT2D eigenvalue weighted by atomic mass is 10.0. The van der Waals surface area contributed by atoms with Gasteiger partial charge in [-0.05, 0) is 36.8 Å². The van der Waals surface area contributed by atoms with Crippen LogP contribution in [0.4, 0.5) is 0 Å². The van der Waals surface area contributed by atoms with Crippen molar-refractivity contribution in [1.82, 2.24) is 10.4 Å². The molecule has 30 heavy (non-hydrogen) atoms. The number of ether oxygens (including phenoxy) is 3. The zero-order valence-electron chi connectivity index (χ0n) is 16.9. The van der Waals surface area contributed by atoms with Crippen LogP contribution in [0.5, 0.6) is 11.5 Å². The van der Waals surface area contributed by atoms with Crippen molar-refractivity contribution in [3.05, 3.63) is 64.8 Å². The normalized spacial score (nSPS) is 12.1. The van der Waals surface area contributed by atoms with Gasteiger partial charge in [-0.15, -0.1) is 0 Å². The molecule has 1 N–H and O–H groups in total. The van der Waals surface area contributed by atoms with Gasteiger partial charge in [0.25, 0.3) is 5.91 Å². The molecule has 0 radical (unpaired) electrons. The number of fused-ring (bicyclic) bond motifs is 1. The molecule has 156 valence electrons.